The van der Waals surface area contributed by atoms with Crippen molar-refractivity contribution in [1.29, 1.82) is 0 Å². The van der Waals surface area contributed by atoms with E-state index in [2.05, 4.69) is 0 Å². The zero-order valence-electron chi connectivity index (χ0n) is 5.42. The van der Waals surface area contributed by atoms with Crippen molar-refractivity contribution in [1.82, 2.24) is 0 Å². The molecule has 0 aromatic carbocycles. The quantitative estimate of drug-likeness (QED) is 0.616. The molecule has 0 N–H and O–H groups in total. The molecule has 0 spiro atoms. The van der Waals surface area contributed by atoms with Crippen molar-refractivity contribution in [2.45, 2.75) is 17.9 Å². The summed E-state index contributed by atoms with van der Waals surface area (Å²) in [5, 5.41) is 0. The Morgan fingerprint density at radius 1 is 1.56 bits per heavy atom. The van der Waals surface area contributed by atoms with Crippen LogP contribution in [0.5, 0.6) is 0 Å². The molecule has 1 heterocycles. The fraction of sp³-hybridized carbons (Fsp3) is 0.833. The van der Waals surface area contributed by atoms with Crippen molar-refractivity contribution in [3.8, 4) is 0 Å². The van der Waals surface area contributed by atoms with Crippen LogP contribution in [0.1, 0.15) is 13.3 Å². The summed E-state index contributed by atoms with van der Waals surface area (Å²) in [6.07, 6.45) is 0.759. The third-order valence-electron chi connectivity index (χ3n) is 1.14. The van der Waals surface area contributed by atoms with Crippen LogP contribution in [0.15, 0.2) is 0 Å². The second kappa shape index (κ2) is 3.52. The van der Waals surface area contributed by atoms with Crippen LogP contribution < -0.4 is 0 Å². The summed E-state index contributed by atoms with van der Waals surface area (Å²) >= 11 is 3.83. The van der Waals surface area contributed by atoms with Gasteiger partial charge in [-0.25, -0.2) is 0 Å². The van der Waals surface area contributed by atoms with E-state index >= 15 is 0 Å². The third-order valence-corrected chi connectivity index (χ3v) is 4.18. The molecule has 0 aromatic rings. The molecule has 1 aliphatic rings. The molecule has 1 nitrogen and oxygen atoms in total. The van der Waals surface area contributed by atoms with Gasteiger partial charge in [0.15, 0.2) is 0 Å². The van der Waals surface area contributed by atoms with Crippen LogP contribution in [0.25, 0.3) is 0 Å². The largest absolute Gasteiger partial charge is 0.300 e. The highest BCUT2D eigenvalue weighted by Crippen LogP contribution is 2.33. The highest BCUT2D eigenvalue weighted by atomic mass is 32.2. The normalized spacial score (nSPS) is 20.6. The van der Waals surface area contributed by atoms with Gasteiger partial charge in [-0.2, -0.15) is 0 Å². The van der Waals surface area contributed by atoms with Crippen molar-refractivity contribution in [2.75, 3.05) is 11.5 Å². The summed E-state index contributed by atoms with van der Waals surface area (Å²) < 4.78 is 0.572. The first-order chi connectivity index (χ1) is 4.29. The molecule has 3 heteroatoms. The van der Waals surface area contributed by atoms with Crippen molar-refractivity contribution in [2.24, 2.45) is 0 Å². The fourth-order valence-electron chi connectivity index (χ4n) is 0.760. The van der Waals surface area contributed by atoms with Crippen LogP contribution >= 0.6 is 23.5 Å². The minimum absolute atomic E-state index is 0.321. The van der Waals surface area contributed by atoms with Gasteiger partial charge in [-0.15, -0.1) is 23.5 Å². The lowest BCUT2D eigenvalue weighted by molar-refractivity contribution is -0.116. The zero-order chi connectivity index (χ0) is 6.69. The van der Waals surface area contributed by atoms with Crippen LogP contribution in [0.2, 0.25) is 0 Å². The Bertz CT molecular complexity index is 108. The van der Waals surface area contributed by atoms with Gasteiger partial charge in [0.25, 0.3) is 0 Å². The Kier molecular flexibility index (Phi) is 2.92. The summed E-state index contributed by atoms with van der Waals surface area (Å²) in [7, 11) is 0. The second-order valence-corrected chi connectivity index (χ2v) is 5.00. The molecular weight excluding hydrogens is 152 g/mol. The number of rotatable bonds is 2. The second-order valence-electron chi connectivity index (χ2n) is 2.08. The predicted octanol–water partition coefficient (Wildman–Crippen LogP) is 1.77. The summed E-state index contributed by atoms with van der Waals surface area (Å²) in [6, 6.07) is 0. The summed E-state index contributed by atoms with van der Waals surface area (Å²) in [6.45, 7) is 1.67. The molecular formula is C6H10OS2. The molecule has 9 heavy (non-hydrogen) atoms. The molecule has 0 saturated carbocycles. The molecule has 1 rings (SSSR count). The lowest BCUT2D eigenvalue weighted by atomic mass is 10.3. The molecule has 52 valence electrons. The summed E-state index contributed by atoms with van der Waals surface area (Å²) in [5.74, 6) is 2.77. The predicted molar refractivity (Wildman–Crippen MR) is 44.0 cm³/mol. The molecule has 1 fully saturated rings. The number of ketones is 1. The first-order valence-corrected chi connectivity index (χ1v) is 5.11. The number of hydrogen-bond acceptors (Lipinski definition) is 3. The van der Waals surface area contributed by atoms with Crippen LogP contribution in [0, 0.1) is 0 Å². The molecule has 0 atom stereocenters. The van der Waals surface area contributed by atoms with Crippen LogP contribution in [-0.4, -0.2) is 21.9 Å². The third kappa shape index (κ3) is 2.63. The van der Waals surface area contributed by atoms with E-state index in [0.717, 1.165) is 6.42 Å². The van der Waals surface area contributed by atoms with E-state index in [-0.39, 0.29) is 0 Å². The van der Waals surface area contributed by atoms with Gasteiger partial charge in [-0.1, -0.05) is 0 Å². The first-order valence-electron chi connectivity index (χ1n) is 3.01. The number of carbonyl (C=O) groups excluding carboxylic acids is 1. The van der Waals surface area contributed by atoms with E-state index in [1.165, 1.54) is 11.5 Å². The molecule has 0 unspecified atom stereocenters. The van der Waals surface area contributed by atoms with Gasteiger partial charge >= 0.3 is 0 Å². The highest BCUT2D eigenvalue weighted by Gasteiger charge is 2.16. The van der Waals surface area contributed by atoms with E-state index in [9.17, 15) is 4.79 Å². The van der Waals surface area contributed by atoms with Crippen LogP contribution in [0.3, 0.4) is 0 Å². The van der Waals surface area contributed by atoms with Gasteiger partial charge < -0.3 is 0 Å². The topological polar surface area (TPSA) is 17.1 Å². The van der Waals surface area contributed by atoms with E-state index in [1.807, 2.05) is 23.5 Å². The molecule has 0 aliphatic carbocycles. The molecule has 1 saturated heterocycles. The van der Waals surface area contributed by atoms with Gasteiger partial charge in [0, 0.05) is 17.9 Å². The maximum atomic E-state index is 10.6. The Balaban J connectivity index is 2.19. The van der Waals surface area contributed by atoms with Gasteiger partial charge in [-0.3, -0.25) is 4.79 Å². The lowest BCUT2D eigenvalue weighted by Gasteiger charge is -2.01. The van der Waals surface area contributed by atoms with Gasteiger partial charge in [-0.05, 0) is 6.92 Å². The van der Waals surface area contributed by atoms with Gasteiger partial charge in [0.2, 0.25) is 0 Å². The molecule has 0 aromatic heterocycles. The summed E-state index contributed by atoms with van der Waals surface area (Å²) in [4.78, 5) is 10.6. The Hall–Kier alpha value is 0.370. The maximum Gasteiger partial charge on any atom is 0.131 e. The van der Waals surface area contributed by atoms with Crippen molar-refractivity contribution >= 4 is 29.3 Å². The van der Waals surface area contributed by atoms with Crippen molar-refractivity contribution in [3.63, 3.8) is 0 Å². The number of Topliss-reactive ketones (excluding diaryl/α,β-unsaturated/α-hetero) is 1. The van der Waals surface area contributed by atoms with Gasteiger partial charge in [0.1, 0.15) is 5.78 Å². The molecule has 0 bridgehead atoms. The van der Waals surface area contributed by atoms with Crippen molar-refractivity contribution in [3.05, 3.63) is 0 Å². The average molecular weight is 162 g/mol. The Morgan fingerprint density at radius 3 is 2.56 bits per heavy atom. The Morgan fingerprint density at radius 2 is 2.11 bits per heavy atom. The van der Waals surface area contributed by atoms with Gasteiger partial charge in [0.05, 0.1) is 4.58 Å². The van der Waals surface area contributed by atoms with E-state index < -0.39 is 0 Å². The average Bonchev–Trinajstić information content (AvgIpc) is 2.15. The minimum Gasteiger partial charge on any atom is -0.300 e. The molecule has 1 aliphatic heterocycles. The molecule has 0 radical (unpaired) electrons. The minimum atomic E-state index is 0.321. The first kappa shape index (κ1) is 7.48. The lowest BCUT2D eigenvalue weighted by Crippen LogP contribution is -1.99. The van der Waals surface area contributed by atoms with E-state index in [0.29, 0.717) is 10.4 Å². The fourth-order valence-corrected chi connectivity index (χ4v) is 3.72. The SMILES string of the molecule is CC(=O)CC1SCCS1. The highest BCUT2D eigenvalue weighted by molar-refractivity contribution is 8.20. The summed E-state index contributed by atoms with van der Waals surface area (Å²) in [5.41, 5.74) is 0. The van der Waals surface area contributed by atoms with Crippen LogP contribution in [-0.2, 0) is 4.79 Å². The molecule has 0 amide bonds. The van der Waals surface area contributed by atoms with Crippen LogP contribution in [0.4, 0.5) is 0 Å². The van der Waals surface area contributed by atoms with E-state index in [1.54, 1.807) is 6.92 Å². The number of hydrogen-bond donors (Lipinski definition) is 0. The number of thioether (sulfide) groups is 2. The Labute approximate surface area is 64.0 Å². The number of carbonyl (C=O) groups is 1. The van der Waals surface area contributed by atoms with Crippen molar-refractivity contribution < 1.29 is 4.79 Å². The van der Waals surface area contributed by atoms with E-state index in [4.69, 9.17) is 0 Å². The monoisotopic (exact) mass is 162 g/mol. The smallest absolute Gasteiger partial charge is 0.131 e. The maximum absolute atomic E-state index is 10.6. The standard InChI is InChI=1S/C6H10OS2/c1-5(7)4-6-8-2-3-9-6/h6H,2-4H2,1H3. The zero-order valence-corrected chi connectivity index (χ0v) is 7.06.